The minimum atomic E-state index is -1.23. The first kappa shape index (κ1) is 13.0. The molecule has 18 heavy (non-hydrogen) atoms. The Kier molecular flexibility index (Phi) is 3.36. The zero-order valence-electron chi connectivity index (χ0n) is 10.9. The van der Waals surface area contributed by atoms with Crippen molar-refractivity contribution in [2.75, 3.05) is 0 Å². The maximum absolute atomic E-state index is 12.0. The number of hydrogen-bond acceptors (Lipinski definition) is 1. The van der Waals surface area contributed by atoms with Crippen molar-refractivity contribution in [3.8, 4) is 0 Å². The average Bonchev–Trinajstić information content (AvgIpc) is 2.71. The summed E-state index contributed by atoms with van der Waals surface area (Å²) in [6.07, 6.45) is 1.61. The summed E-state index contributed by atoms with van der Waals surface area (Å²) in [5, 5.41) is 0. The van der Waals surface area contributed by atoms with Gasteiger partial charge in [-0.2, -0.15) is 4.40 Å². The standard InChI is InChI=1S/C14H16N2OS/c1-14(2,3)18(17)16-13-9-8-11-10(13)6-5-7-12(11)15-4/h5-7H,8-9H2,1-3H3/t18-/m1/s1. The van der Waals surface area contributed by atoms with Crippen LogP contribution in [-0.2, 0) is 17.4 Å². The Hall–Kier alpha value is -1.47. The first-order valence-corrected chi connectivity index (χ1v) is 7.03. The molecule has 1 atom stereocenters. The molecule has 0 N–H and O–H groups in total. The lowest BCUT2D eigenvalue weighted by Gasteiger charge is -2.14. The molecule has 0 radical (unpaired) electrons. The average molecular weight is 260 g/mol. The molecule has 0 saturated heterocycles. The largest absolute Gasteiger partial charge is 0.238 e. The predicted molar refractivity (Wildman–Crippen MR) is 75.5 cm³/mol. The molecule has 1 aromatic rings. The van der Waals surface area contributed by atoms with E-state index in [4.69, 9.17) is 6.57 Å². The highest BCUT2D eigenvalue weighted by atomic mass is 32.2. The van der Waals surface area contributed by atoms with Crippen molar-refractivity contribution in [3.63, 3.8) is 0 Å². The van der Waals surface area contributed by atoms with Gasteiger partial charge in [-0.25, -0.2) is 9.05 Å². The quantitative estimate of drug-likeness (QED) is 0.712. The summed E-state index contributed by atoms with van der Waals surface area (Å²) in [5.74, 6) is 0. The summed E-state index contributed by atoms with van der Waals surface area (Å²) in [6.45, 7) is 12.9. The van der Waals surface area contributed by atoms with Crippen LogP contribution in [0, 0.1) is 6.57 Å². The third-order valence-corrected chi connectivity index (χ3v) is 4.35. The first-order valence-electron chi connectivity index (χ1n) is 5.93. The lowest BCUT2D eigenvalue weighted by molar-refractivity contribution is 0.650. The molecule has 0 bridgehead atoms. The van der Waals surface area contributed by atoms with Crippen LogP contribution in [0.5, 0.6) is 0 Å². The van der Waals surface area contributed by atoms with Crippen LogP contribution in [0.4, 0.5) is 5.69 Å². The third-order valence-electron chi connectivity index (χ3n) is 2.91. The molecular formula is C14H16N2OS. The van der Waals surface area contributed by atoms with Gasteiger partial charge in [0, 0.05) is 0 Å². The van der Waals surface area contributed by atoms with Crippen LogP contribution in [-0.4, -0.2) is 14.7 Å². The molecule has 0 aliphatic heterocycles. The van der Waals surface area contributed by atoms with Crippen LogP contribution in [0.1, 0.15) is 38.3 Å². The second-order valence-electron chi connectivity index (χ2n) is 5.31. The lowest BCUT2D eigenvalue weighted by atomic mass is 10.1. The summed E-state index contributed by atoms with van der Waals surface area (Å²) >= 11 is 0. The highest BCUT2D eigenvalue weighted by Gasteiger charge is 2.24. The van der Waals surface area contributed by atoms with E-state index in [0.29, 0.717) is 5.69 Å². The maximum atomic E-state index is 12.0. The van der Waals surface area contributed by atoms with Gasteiger partial charge in [0.25, 0.3) is 0 Å². The van der Waals surface area contributed by atoms with Crippen LogP contribution in [0.3, 0.4) is 0 Å². The molecule has 1 aliphatic rings. The zero-order chi connectivity index (χ0) is 13.3. The topological polar surface area (TPSA) is 33.8 Å². The minimum Gasteiger partial charge on any atom is -0.238 e. The monoisotopic (exact) mass is 260 g/mol. The Morgan fingerprint density at radius 3 is 2.67 bits per heavy atom. The van der Waals surface area contributed by atoms with E-state index < -0.39 is 11.0 Å². The number of fused-ring (bicyclic) bond motifs is 1. The van der Waals surface area contributed by atoms with Gasteiger partial charge in [0.1, 0.15) is 11.0 Å². The predicted octanol–water partition coefficient (Wildman–Crippen LogP) is 3.43. The molecule has 0 fully saturated rings. The van der Waals surface area contributed by atoms with Crippen molar-refractivity contribution < 1.29 is 4.21 Å². The fourth-order valence-corrected chi connectivity index (χ4v) is 2.59. The van der Waals surface area contributed by atoms with E-state index in [2.05, 4.69) is 9.24 Å². The number of hydrogen-bond donors (Lipinski definition) is 0. The van der Waals surface area contributed by atoms with E-state index in [1.807, 2.05) is 39.0 Å². The molecule has 0 saturated carbocycles. The van der Waals surface area contributed by atoms with Crippen LogP contribution in [0.2, 0.25) is 0 Å². The zero-order valence-corrected chi connectivity index (χ0v) is 11.7. The summed E-state index contributed by atoms with van der Waals surface area (Å²) < 4.78 is 16.1. The van der Waals surface area contributed by atoms with Crippen LogP contribution in [0.25, 0.3) is 4.85 Å². The third kappa shape index (κ3) is 2.37. The van der Waals surface area contributed by atoms with E-state index in [-0.39, 0.29) is 4.75 Å². The Morgan fingerprint density at radius 1 is 1.33 bits per heavy atom. The van der Waals surface area contributed by atoms with Crippen molar-refractivity contribution in [3.05, 3.63) is 40.7 Å². The van der Waals surface area contributed by atoms with Crippen molar-refractivity contribution in [2.24, 2.45) is 4.40 Å². The molecule has 0 heterocycles. The van der Waals surface area contributed by atoms with E-state index >= 15 is 0 Å². The minimum absolute atomic E-state index is 0.340. The maximum Gasteiger partial charge on any atom is 0.191 e. The van der Waals surface area contributed by atoms with Crippen LogP contribution in [0.15, 0.2) is 22.6 Å². The smallest absolute Gasteiger partial charge is 0.191 e. The second-order valence-corrected chi connectivity index (χ2v) is 7.22. The summed E-state index contributed by atoms with van der Waals surface area (Å²) in [4.78, 5) is 3.52. The summed E-state index contributed by atoms with van der Waals surface area (Å²) in [7, 11) is -1.23. The van der Waals surface area contributed by atoms with Gasteiger partial charge in [-0.15, -0.1) is 0 Å². The Balaban J connectivity index is 2.42. The molecular weight excluding hydrogens is 244 g/mol. The lowest BCUT2D eigenvalue weighted by Crippen LogP contribution is -2.20. The van der Waals surface area contributed by atoms with Crippen molar-refractivity contribution in [1.82, 2.24) is 0 Å². The summed E-state index contributed by atoms with van der Waals surface area (Å²) in [5.41, 5.74) is 3.63. The number of rotatable bonds is 1. The molecule has 3 nitrogen and oxygen atoms in total. The Labute approximate surface area is 110 Å². The number of nitrogens with zero attached hydrogens (tertiary/aromatic N) is 2. The number of benzene rings is 1. The van der Waals surface area contributed by atoms with Gasteiger partial charge >= 0.3 is 0 Å². The fourth-order valence-electron chi connectivity index (χ4n) is 1.92. The SMILES string of the molecule is [C-]#[N+]c1cccc2c1CCC2=N[S@](=O)C(C)(C)C. The van der Waals surface area contributed by atoms with Crippen LogP contribution < -0.4 is 0 Å². The molecule has 1 aromatic carbocycles. The molecule has 0 spiro atoms. The van der Waals surface area contributed by atoms with Crippen molar-refractivity contribution in [1.29, 1.82) is 0 Å². The van der Waals surface area contributed by atoms with Gasteiger partial charge in [0.15, 0.2) is 5.69 Å². The molecule has 2 rings (SSSR count). The van der Waals surface area contributed by atoms with Gasteiger partial charge in [-0.3, -0.25) is 0 Å². The highest BCUT2D eigenvalue weighted by molar-refractivity contribution is 7.85. The Bertz CT molecular complexity index is 576. The molecule has 1 aliphatic carbocycles. The van der Waals surface area contributed by atoms with Gasteiger partial charge in [0.2, 0.25) is 0 Å². The molecule has 4 heteroatoms. The van der Waals surface area contributed by atoms with Crippen molar-refractivity contribution in [2.45, 2.75) is 38.4 Å². The Morgan fingerprint density at radius 2 is 2.06 bits per heavy atom. The fraction of sp³-hybridized carbons (Fsp3) is 0.429. The molecule has 0 aromatic heterocycles. The first-order chi connectivity index (χ1) is 8.43. The van der Waals surface area contributed by atoms with Gasteiger partial charge in [-0.1, -0.05) is 18.2 Å². The summed E-state index contributed by atoms with van der Waals surface area (Å²) in [6, 6.07) is 5.66. The van der Waals surface area contributed by atoms with Gasteiger partial charge in [0.05, 0.1) is 17.0 Å². The van der Waals surface area contributed by atoms with E-state index in [1.165, 1.54) is 0 Å². The molecule has 0 unspecified atom stereocenters. The van der Waals surface area contributed by atoms with E-state index in [0.717, 1.165) is 29.7 Å². The van der Waals surface area contributed by atoms with E-state index in [9.17, 15) is 4.21 Å². The van der Waals surface area contributed by atoms with Crippen LogP contribution >= 0.6 is 0 Å². The van der Waals surface area contributed by atoms with Gasteiger partial charge in [-0.05, 0) is 44.7 Å². The van der Waals surface area contributed by atoms with Crippen molar-refractivity contribution >= 4 is 22.4 Å². The highest BCUT2D eigenvalue weighted by Crippen LogP contribution is 2.31. The van der Waals surface area contributed by atoms with E-state index in [1.54, 1.807) is 0 Å². The molecule has 0 amide bonds. The molecule has 94 valence electrons. The second kappa shape index (κ2) is 4.66. The van der Waals surface area contributed by atoms with Gasteiger partial charge < -0.3 is 0 Å². The normalized spacial score (nSPS) is 18.4.